The van der Waals surface area contributed by atoms with Crippen LogP contribution in [0, 0.1) is 0 Å². The predicted molar refractivity (Wildman–Crippen MR) is 83.6 cm³/mol. The fourth-order valence-electron chi connectivity index (χ4n) is 2.46. The summed E-state index contributed by atoms with van der Waals surface area (Å²) in [5, 5.41) is 8.09. The fraction of sp³-hybridized carbons (Fsp3) is 0.400. The van der Waals surface area contributed by atoms with Crippen molar-refractivity contribution >= 4 is 12.4 Å². The van der Waals surface area contributed by atoms with Crippen molar-refractivity contribution in [3.05, 3.63) is 48.3 Å². The first-order chi connectivity index (χ1) is 9.42. The van der Waals surface area contributed by atoms with Crippen molar-refractivity contribution in [3.8, 4) is 5.69 Å². The van der Waals surface area contributed by atoms with Gasteiger partial charge in [-0.15, -0.1) is 12.4 Å². The van der Waals surface area contributed by atoms with Gasteiger partial charge in [-0.25, -0.2) is 4.68 Å². The van der Waals surface area contributed by atoms with E-state index in [2.05, 4.69) is 33.5 Å². The molecule has 108 valence electrons. The van der Waals surface area contributed by atoms with E-state index in [9.17, 15) is 0 Å². The maximum absolute atomic E-state index is 4.66. The van der Waals surface area contributed by atoms with Gasteiger partial charge in [0.25, 0.3) is 0 Å². The minimum atomic E-state index is 0. The molecule has 0 spiro atoms. The van der Waals surface area contributed by atoms with Gasteiger partial charge in [-0.3, -0.25) is 4.90 Å². The summed E-state index contributed by atoms with van der Waals surface area (Å²) < 4.78 is 1.95. The summed E-state index contributed by atoms with van der Waals surface area (Å²) in [5.41, 5.74) is 2.26. The zero-order chi connectivity index (χ0) is 12.9. The third-order valence-corrected chi connectivity index (χ3v) is 3.48. The summed E-state index contributed by atoms with van der Waals surface area (Å²) in [6.45, 7) is 5.43. The van der Waals surface area contributed by atoms with Crippen molar-refractivity contribution in [3.63, 3.8) is 0 Å². The van der Waals surface area contributed by atoms with Gasteiger partial charge in [0, 0.05) is 25.8 Å². The molecule has 1 aromatic heterocycles. The van der Waals surface area contributed by atoms with Crippen LogP contribution in [0.1, 0.15) is 12.1 Å². The number of nitrogens with one attached hydrogen (secondary N) is 1. The Labute approximate surface area is 126 Å². The van der Waals surface area contributed by atoms with Crippen molar-refractivity contribution in [2.45, 2.75) is 13.0 Å². The molecular formula is C15H21ClN4. The van der Waals surface area contributed by atoms with Crippen LogP contribution in [0.5, 0.6) is 0 Å². The minimum absolute atomic E-state index is 0. The number of benzene rings is 1. The summed E-state index contributed by atoms with van der Waals surface area (Å²) in [6, 6.07) is 12.4. The summed E-state index contributed by atoms with van der Waals surface area (Å²) in [7, 11) is 0. The van der Waals surface area contributed by atoms with Gasteiger partial charge in [-0.05, 0) is 37.7 Å². The van der Waals surface area contributed by atoms with Crippen molar-refractivity contribution in [2.75, 3.05) is 26.2 Å². The largest absolute Gasteiger partial charge is 0.315 e. The second-order valence-electron chi connectivity index (χ2n) is 4.97. The number of para-hydroxylation sites is 1. The Hall–Kier alpha value is -1.36. The van der Waals surface area contributed by atoms with Gasteiger partial charge in [-0.1, -0.05) is 18.2 Å². The molecule has 20 heavy (non-hydrogen) atoms. The van der Waals surface area contributed by atoms with E-state index in [0.29, 0.717) is 0 Å². The molecule has 3 rings (SSSR count). The summed E-state index contributed by atoms with van der Waals surface area (Å²) in [5.74, 6) is 0. The third kappa shape index (κ3) is 3.82. The zero-order valence-electron chi connectivity index (χ0n) is 11.5. The quantitative estimate of drug-likeness (QED) is 0.940. The number of rotatable bonds is 3. The molecule has 4 nitrogen and oxygen atoms in total. The summed E-state index contributed by atoms with van der Waals surface area (Å²) in [6.07, 6.45) is 3.26. The molecule has 1 fully saturated rings. The lowest BCUT2D eigenvalue weighted by atomic mass is 10.3. The zero-order valence-corrected chi connectivity index (χ0v) is 12.4. The highest BCUT2D eigenvalue weighted by atomic mass is 35.5. The molecular weight excluding hydrogens is 272 g/mol. The van der Waals surface area contributed by atoms with Gasteiger partial charge < -0.3 is 5.32 Å². The molecule has 0 bridgehead atoms. The van der Waals surface area contributed by atoms with Crippen LogP contribution in [-0.2, 0) is 6.54 Å². The molecule has 2 heterocycles. The van der Waals surface area contributed by atoms with Gasteiger partial charge in [-0.2, -0.15) is 5.10 Å². The Morgan fingerprint density at radius 2 is 1.90 bits per heavy atom. The Kier molecular flexibility index (Phi) is 5.59. The van der Waals surface area contributed by atoms with E-state index in [1.165, 1.54) is 6.42 Å². The highest BCUT2D eigenvalue weighted by molar-refractivity contribution is 5.85. The maximum atomic E-state index is 4.66. The van der Waals surface area contributed by atoms with Crippen LogP contribution < -0.4 is 5.32 Å². The van der Waals surface area contributed by atoms with Crippen LogP contribution in [0.4, 0.5) is 0 Å². The highest BCUT2D eigenvalue weighted by Gasteiger charge is 2.10. The first-order valence-electron chi connectivity index (χ1n) is 6.95. The van der Waals surface area contributed by atoms with Crippen molar-refractivity contribution < 1.29 is 0 Å². The van der Waals surface area contributed by atoms with E-state index < -0.39 is 0 Å². The Morgan fingerprint density at radius 1 is 1.05 bits per heavy atom. The minimum Gasteiger partial charge on any atom is -0.315 e. The van der Waals surface area contributed by atoms with Gasteiger partial charge in [0.05, 0.1) is 11.4 Å². The maximum Gasteiger partial charge on any atom is 0.0769 e. The first-order valence-corrected chi connectivity index (χ1v) is 6.95. The monoisotopic (exact) mass is 292 g/mol. The van der Waals surface area contributed by atoms with E-state index in [0.717, 1.165) is 44.1 Å². The van der Waals surface area contributed by atoms with Gasteiger partial charge in [0.2, 0.25) is 0 Å². The van der Waals surface area contributed by atoms with E-state index in [4.69, 9.17) is 0 Å². The van der Waals surface area contributed by atoms with Gasteiger partial charge in [0.1, 0.15) is 0 Å². The highest BCUT2D eigenvalue weighted by Crippen LogP contribution is 2.09. The molecule has 1 N–H and O–H groups in total. The van der Waals surface area contributed by atoms with Crippen LogP contribution in [0.2, 0.25) is 0 Å². The molecule has 0 radical (unpaired) electrons. The lowest BCUT2D eigenvalue weighted by molar-refractivity contribution is 0.280. The SMILES string of the molecule is Cl.c1ccc(-n2ccc(CN3CCCNCC3)n2)cc1. The van der Waals surface area contributed by atoms with E-state index in [-0.39, 0.29) is 12.4 Å². The van der Waals surface area contributed by atoms with Crippen LogP contribution in [0.3, 0.4) is 0 Å². The second kappa shape index (κ2) is 7.43. The topological polar surface area (TPSA) is 33.1 Å². The van der Waals surface area contributed by atoms with Crippen molar-refractivity contribution in [1.29, 1.82) is 0 Å². The predicted octanol–water partition coefficient (Wildman–Crippen LogP) is 2.09. The molecule has 0 unspecified atom stereocenters. The molecule has 0 aliphatic carbocycles. The first kappa shape index (κ1) is 15.0. The number of hydrogen-bond acceptors (Lipinski definition) is 3. The van der Waals surface area contributed by atoms with Crippen molar-refractivity contribution in [1.82, 2.24) is 20.0 Å². The second-order valence-corrected chi connectivity index (χ2v) is 4.97. The molecule has 5 heteroatoms. The Balaban J connectivity index is 0.00000147. The third-order valence-electron chi connectivity index (χ3n) is 3.48. The Bertz CT molecular complexity index is 504. The van der Waals surface area contributed by atoms with Crippen LogP contribution in [0.25, 0.3) is 5.69 Å². The molecule has 0 atom stereocenters. The van der Waals surface area contributed by atoms with Crippen LogP contribution in [-0.4, -0.2) is 40.9 Å². The summed E-state index contributed by atoms with van der Waals surface area (Å²) >= 11 is 0. The summed E-state index contributed by atoms with van der Waals surface area (Å²) in [4.78, 5) is 2.47. The standard InChI is InChI=1S/C15H20N4.ClH/c1-2-5-15(6-3-1)19-11-7-14(17-19)13-18-10-4-8-16-9-12-18;/h1-3,5-7,11,16H,4,8-10,12-13H2;1H. The molecule has 0 amide bonds. The normalized spacial score (nSPS) is 16.4. The average molecular weight is 293 g/mol. The van der Waals surface area contributed by atoms with E-state index >= 15 is 0 Å². The van der Waals surface area contributed by atoms with E-state index in [1.54, 1.807) is 0 Å². The molecule has 1 aliphatic rings. The molecule has 1 aromatic carbocycles. The van der Waals surface area contributed by atoms with Crippen LogP contribution >= 0.6 is 12.4 Å². The average Bonchev–Trinajstić information content (AvgIpc) is 2.76. The van der Waals surface area contributed by atoms with Gasteiger partial charge >= 0.3 is 0 Å². The number of aromatic nitrogens is 2. The van der Waals surface area contributed by atoms with E-state index in [1.807, 2.05) is 29.1 Å². The van der Waals surface area contributed by atoms with Crippen LogP contribution in [0.15, 0.2) is 42.6 Å². The van der Waals surface area contributed by atoms with Crippen molar-refractivity contribution in [2.24, 2.45) is 0 Å². The molecule has 1 aliphatic heterocycles. The van der Waals surface area contributed by atoms with Gasteiger partial charge in [0.15, 0.2) is 0 Å². The fourth-order valence-corrected chi connectivity index (χ4v) is 2.46. The number of hydrogen-bond donors (Lipinski definition) is 1. The molecule has 0 saturated carbocycles. The Morgan fingerprint density at radius 3 is 2.75 bits per heavy atom. The lowest BCUT2D eigenvalue weighted by Crippen LogP contribution is -2.27. The number of nitrogens with zero attached hydrogens (tertiary/aromatic N) is 3. The molecule has 1 saturated heterocycles. The lowest BCUT2D eigenvalue weighted by Gasteiger charge is -2.17. The molecule has 2 aromatic rings. The smallest absolute Gasteiger partial charge is 0.0769 e. The number of halogens is 1.